The zero-order chi connectivity index (χ0) is 31.7. The topological polar surface area (TPSA) is 122 Å². The summed E-state index contributed by atoms with van der Waals surface area (Å²) in [6.07, 6.45) is 4.15. The van der Waals surface area contributed by atoms with Crippen LogP contribution in [0.25, 0.3) is 22.6 Å². The van der Waals surface area contributed by atoms with E-state index in [9.17, 15) is 19.5 Å². The molecule has 3 atom stereocenters. The molecule has 6 rings (SSSR count). The van der Waals surface area contributed by atoms with Crippen LogP contribution >= 0.6 is 0 Å². The van der Waals surface area contributed by atoms with Gasteiger partial charge in [0.15, 0.2) is 11.2 Å². The Morgan fingerprint density at radius 2 is 1.67 bits per heavy atom. The van der Waals surface area contributed by atoms with E-state index < -0.39 is 17.3 Å². The molecule has 45 heavy (non-hydrogen) atoms. The molecule has 0 spiro atoms. The smallest absolute Gasteiger partial charge is 0.329 e. The van der Waals surface area contributed by atoms with E-state index in [1.54, 1.807) is 7.05 Å². The Kier molecular flexibility index (Phi) is 8.54. The summed E-state index contributed by atoms with van der Waals surface area (Å²) in [7, 11) is 1.60. The lowest BCUT2D eigenvalue weighted by Crippen LogP contribution is -2.37. The van der Waals surface area contributed by atoms with Crippen LogP contribution in [0.2, 0.25) is 0 Å². The summed E-state index contributed by atoms with van der Waals surface area (Å²) in [5.74, 6) is 0.384. The van der Waals surface area contributed by atoms with Crippen molar-refractivity contribution in [3.05, 3.63) is 122 Å². The number of H-pyrrole nitrogens is 1. The van der Waals surface area contributed by atoms with Gasteiger partial charge < -0.3 is 15.0 Å². The zero-order valence-corrected chi connectivity index (χ0v) is 25.9. The molecule has 232 valence electrons. The summed E-state index contributed by atoms with van der Waals surface area (Å²) >= 11 is 0. The molecule has 1 aliphatic rings. The van der Waals surface area contributed by atoms with Gasteiger partial charge in [-0.1, -0.05) is 91.2 Å². The second-order valence-electron chi connectivity index (χ2n) is 12.2. The highest BCUT2D eigenvalue weighted by Crippen LogP contribution is 2.39. The summed E-state index contributed by atoms with van der Waals surface area (Å²) in [6, 6.07) is 24.7. The molecular formula is C36H39N5O4. The van der Waals surface area contributed by atoms with Crippen molar-refractivity contribution in [2.45, 2.75) is 57.5 Å². The number of hydrogen-bond acceptors (Lipinski definition) is 5. The lowest BCUT2D eigenvalue weighted by atomic mass is 9.83. The number of rotatable bonds is 9. The highest BCUT2D eigenvalue weighted by molar-refractivity contribution is 5.84. The summed E-state index contributed by atoms with van der Waals surface area (Å²) in [5.41, 5.74) is 4.26. The number of aromatic nitrogens is 4. The minimum Gasteiger partial charge on any atom is -0.394 e. The van der Waals surface area contributed by atoms with Crippen molar-refractivity contribution in [3.63, 3.8) is 0 Å². The van der Waals surface area contributed by atoms with Gasteiger partial charge in [-0.2, -0.15) is 0 Å². The molecule has 9 nitrogen and oxygen atoms in total. The number of fused-ring (bicyclic) bond motifs is 1. The standard InChI is InChI=1S/C36H39N5O4/c1-22-10-9-15-28(20-22)32-38-33-31(35(44)39-36(45)40(33)3)41(32)23(2)24-16-18-27(19-17-24)30(26-13-7-8-14-26)34(43)37-29(21-42)25-11-5-4-6-12-25/h4-6,9-12,15-20,23,26,29-30,42H,7-8,13-14,21H2,1-3H3,(H,37,43)(H,39,44,45). The Balaban J connectivity index is 1.38. The fraction of sp³-hybridized carbons (Fsp3) is 0.333. The van der Waals surface area contributed by atoms with Gasteiger partial charge in [0, 0.05) is 12.6 Å². The van der Waals surface area contributed by atoms with Crippen LogP contribution in [-0.4, -0.2) is 36.7 Å². The molecule has 3 aromatic carbocycles. The summed E-state index contributed by atoms with van der Waals surface area (Å²) in [4.78, 5) is 46.7. The largest absolute Gasteiger partial charge is 0.394 e. The third-order valence-corrected chi connectivity index (χ3v) is 9.25. The van der Waals surface area contributed by atoms with E-state index >= 15 is 0 Å². The first-order chi connectivity index (χ1) is 21.8. The van der Waals surface area contributed by atoms with E-state index in [2.05, 4.69) is 10.3 Å². The first kappa shape index (κ1) is 30.3. The van der Waals surface area contributed by atoms with Gasteiger partial charge >= 0.3 is 5.69 Å². The van der Waals surface area contributed by atoms with E-state index in [4.69, 9.17) is 4.98 Å². The van der Waals surface area contributed by atoms with Crippen LogP contribution in [0.4, 0.5) is 0 Å². The van der Waals surface area contributed by atoms with Gasteiger partial charge in [-0.3, -0.25) is 19.1 Å². The Bertz CT molecular complexity index is 1930. The van der Waals surface area contributed by atoms with E-state index in [0.29, 0.717) is 17.0 Å². The Morgan fingerprint density at radius 1 is 0.978 bits per heavy atom. The quantitative estimate of drug-likeness (QED) is 0.215. The number of nitrogens with one attached hydrogen (secondary N) is 2. The predicted molar refractivity (Wildman–Crippen MR) is 175 cm³/mol. The number of aliphatic hydroxyl groups is 1. The third kappa shape index (κ3) is 5.88. The third-order valence-electron chi connectivity index (χ3n) is 9.25. The van der Waals surface area contributed by atoms with E-state index in [-0.39, 0.29) is 30.4 Å². The summed E-state index contributed by atoms with van der Waals surface area (Å²) in [5, 5.41) is 13.2. The van der Waals surface area contributed by atoms with Crippen LogP contribution in [0.15, 0.2) is 88.5 Å². The van der Waals surface area contributed by atoms with Crippen molar-refractivity contribution in [1.29, 1.82) is 0 Å². The van der Waals surface area contributed by atoms with Gasteiger partial charge in [-0.05, 0) is 55.4 Å². The van der Waals surface area contributed by atoms with Crippen LogP contribution in [0.3, 0.4) is 0 Å². The Labute approximate surface area is 261 Å². The highest BCUT2D eigenvalue weighted by atomic mass is 16.3. The molecule has 2 aromatic heterocycles. The molecule has 0 saturated heterocycles. The maximum Gasteiger partial charge on any atom is 0.329 e. The maximum atomic E-state index is 13.9. The Morgan fingerprint density at radius 3 is 2.33 bits per heavy atom. The van der Waals surface area contributed by atoms with Gasteiger partial charge in [0.25, 0.3) is 5.56 Å². The lowest BCUT2D eigenvalue weighted by Gasteiger charge is -2.27. The lowest BCUT2D eigenvalue weighted by molar-refractivity contribution is -0.124. The van der Waals surface area contributed by atoms with Gasteiger partial charge in [0.1, 0.15) is 5.82 Å². The van der Waals surface area contributed by atoms with Crippen molar-refractivity contribution in [2.75, 3.05) is 6.61 Å². The van der Waals surface area contributed by atoms with Crippen LogP contribution < -0.4 is 16.6 Å². The number of benzene rings is 3. The molecule has 0 aliphatic heterocycles. The fourth-order valence-electron chi connectivity index (χ4n) is 6.81. The molecule has 3 N–H and O–H groups in total. The van der Waals surface area contributed by atoms with Crippen LogP contribution in [0.1, 0.15) is 72.9 Å². The number of aliphatic hydroxyl groups excluding tert-OH is 1. The first-order valence-electron chi connectivity index (χ1n) is 15.6. The SMILES string of the molecule is Cc1cccc(-c2nc3c(c(=O)[nH]c(=O)n3C)n2C(C)c2ccc(C(C(=O)NC(CO)c3ccccc3)C3CCCC3)cc2)c1. The summed E-state index contributed by atoms with van der Waals surface area (Å²) in [6.45, 7) is 3.82. The zero-order valence-electron chi connectivity index (χ0n) is 25.9. The number of aromatic amines is 1. The first-order valence-corrected chi connectivity index (χ1v) is 15.6. The van der Waals surface area contributed by atoms with E-state index in [1.807, 2.05) is 97.3 Å². The molecule has 0 bridgehead atoms. The van der Waals surface area contributed by atoms with Gasteiger partial charge in [-0.25, -0.2) is 9.78 Å². The number of imidazole rings is 1. The minimum absolute atomic E-state index is 0.0830. The number of aryl methyl sites for hydroxylation is 2. The number of hydrogen-bond donors (Lipinski definition) is 3. The van der Waals surface area contributed by atoms with Crippen molar-refractivity contribution in [3.8, 4) is 11.4 Å². The monoisotopic (exact) mass is 605 g/mol. The van der Waals surface area contributed by atoms with E-state index in [0.717, 1.165) is 53.5 Å². The number of carbonyl (C=O) groups excluding carboxylic acids is 1. The maximum absolute atomic E-state index is 13.9. The average Bonchev–Trinajstić information content (AvgIpc) is 3.72. The van der Waals surface area contributed by atoms with Gasteiger partial charge in [-0.15, -0.1) is 0 Å². The highest BCUT2D eigenvalue weighted by Gasteiger charge is 2.33. The summed E-state index contributed by atoms with van der Waals surface area (Å²) < 4.78 is 3.26. The molecule has 5 aromatic rings. The molecule has 2 heterocycles. The molecule has 1 amide bonds. The van der Waals surface area contributed by atoms with Crippen LogP contribution in [-0.2, 0) is 11.8 Å². The van der Waals surface area contributed by atoms with Crippen molar-refractivity contribution in [1.82, 2.24) is 24.4 Å². The molecular weight excluding hydrogens is 566 g/mol. The second-order valence-corrected chi connectivity index (χ2v) is 12.2. The molecule has 1 aliphatic carbocycles. The second kappa shape index (κ2) is 12.7. The fourth-order valence-corrected chi connectivity index (χ4v) is 6.81. The molecule has 3 unspecified atom stereocenters. The molecule has 1 fully saturated rings. The predicted octanol–water partition coefficient (Wildman–Crippen LogP) is 5.13. The van der Waals surface area contributed by atoms with Crippen molar-refractivity contribution < 1.29 is 9.90 Å². The number of carbonyl (C=O) groups is 1. The van der Waals surface area contributed by atoms with Crippen LogP contribution in [0.5, 0.6) is 0 Å². The van der Waals surface area contributed by atoms with Crippen LogP contribution in [0, 0.1) is 12.8 Å². The molecule has 9 heteroatoms. The Hall–Kier alpha value is -4.76. The van der Waals surface area contributed by atoms with Gasteiger partial charge in [0.2, 0.25) is 5.91 Å². The molecule has 0 radical (unpaired) electrons. The van der Waals surface area contributed by atoms with E-state index in [1.165, 1.54) is 4.57 Å². The normalized spacial score (nSPS) is 15.6. The molecule has 1 saturated carbocycles. The van der Waals surface area contributed by atoms with Gasteiger partial charge in [0.05, 0.1) is 24.6 Å². The van der Waals surface area contributed by atoms with Crippen molar-refractivity contribution >= 4 is 17.1 Å². The average molecular weight is 606 g/mol. The van der Waals surface area contributed by atoms with Crippen molar-refractivity contribution in [2.24, 2.45) is 13.0 Å². The number of nitrogens with zero attached hydrogens (tertiary/aromatic N) is 3. The minimum atomic E-state index is -0.517. The number of amides is 1.